The maximum atomic E-state index is 12.3. The van der Waals surface area contributed by atoms with Gasteiger partial charge in [-0.1, -0.05) is 36.4 Å². The summed E-state index contributed by atoms with van der Waals surface area (Å²) in [6.07, 6.45) is 0.484. The van der Waals surface area contributed by atoms with Crippen LogP contribution in [0.2, 0.25) is 0 Å². The van der Waals surface area contributed by atoms with Crippen LogP contribution in [0.4, 0.5) is 0 Å². The van der Waals surface area contributed by atoms with Crippen molar-refractivity contribution in [3.05, 3.63) is 71.8 Å². The first-order valence-electron chi connectivity index (χ1n) is 8.81. The van der Waals surface area contributed by atoms with Crippen molar-refractivity contribution >= 4 is 17.9 Å². The molecule has 1 atom stereocenters. The van der Waals surface area contributed by atoms with E-state index in [2.05, 4.69) is 0 Å². The second kappa shape index (κ2) is 9.12. The molecule has 0 spiro atoms. The van der Waals surface area contributed by atoms with Crippen molar-refractivity contribution in [2.24, 2.45) is 0 Å². The largest absolute Gasteiger partial charge is 0.480 e. The Morgan fingerprint density at radius 3 is 2.11 bits per heavy atom. The second-order valence-electron chi connectivity index (χ2n) is 6.29. The molecule has 1 saturated heterocycles. The number of benzene rings is 2. The Morgan fingerprint density at radius 1 is 0.964 bits per heavy atom. The molecule has 1 fully saturated rings. The Bertz CT molecular complexity index is 827. The maximum absolute atomic E-state index is 12.3. The predicted octanol–water partition coefficient (Wildman–Crippen LogP) is 1.99. The summed E-state index contributed by atoms with van der Waals surface area (Å²) in [5.41, 5.74) is 0.743. The van der Waals surface area contributed by atoms with Gasteiger partial charge in [0.15, 0.2) is 0 Å². The Kier molecular flexibility index (Phi) is 6.36. The molecule has 0 aromatic heterocycles. The lowest BCUT2D eigenvalue weighted by atomic mass is 10.2. The first-order chi connectivity index (χ1) is 13.5. The molecule has 3 rings (SSSR count). The summed E-state index contributed by atoms with van der Waals surface area (Å²) < 4.78 is 0. The number of nitrogens with zero attached hydrogens (tertiary/aromatic N) is 2. The van der Waals surface area contributed by atoms with E-state index in [0.717, 1.165) is 5.06 Å². The van der Waals surface area contributed by atoms with Gasteiger partial charge in [0.05, 0.1) is 23.7 Å². The molecule has 1 heterocycles. The molecule has 0 saturated carbocycles. The van der Waals surface area contributed by atoms with Gasteiger partial charge in [0.1, 0.15) is 6.54 Å². The first kappa shape index (κ1) is 19.5. The standard InChI is InChI=1S/C20H20N2O6/c23-18(24)14-22(28-20(26)16-9-5-2-6-10-16)17-11-12-21(13-17)27-19(25)15-7-3-1-4-8-15/h1-10,17H,11-14H2,(H,23,24)/t17-/m1/s1. The normalized spacial score (nSPS) is 16.7. The van der Waals surface area contributed by atoms with Crippen molar-refractivity contribution in [2.75, 3.05) is 19.6 Å². The molecule has 0 bridgehead atoms. The fraction of sp³-hybridized carbons (Fsp3) is 0.250. The van der Waals surface area contributed by atoms with E-state index in [0.29, 0.717) is 24.1 Å². The lowest BCUT2D eigenvalue weighted by Crippen LogP contribution is -2.42. The number of hydrogen-bond donors (Lipinski definition) is 1. The number of aliphatic carboxylic acids is 1. The molecule has 0 aliphatic carbocycles. The number of carbonyl (C=O) groups excluding carboxylic acids is 2. The van der Waals surface area contributed by atoms with Gasteiger partial charge in [-0.05, 0) is 30.7 Å². The number of carbonyl (C=O) groups is 3. The minimum atomic E-state index is -1.12. The molecule has 0 amide bonds. The molecule has 1 aliphatic rings. The van der Waals surface area contributed by atoms with E-state index in [9.17, 15) is 14.4 Å². The summed E-state index contributed by atoms with van der Waals surface area (Å²) in [5, 5.41) is 11.7. The fourth-order valence-corrected chi connectivity index (χ4v) is 2.88. The maximum Gasteiger partial charge on any atom is 0.357 e. The summed E-state index contributed by atoms with van der Waals surface area (Å²) in [4.78, 5) is 46.3. The van der Waals surface area contributed by atoms with Gasteiger partial charge in [-0.2, -0.15) is 0 Å². The predicted molar refractivity (Wildman–Crippen MR) is 98.0 cm³/mol. The second-order valence-corrected chi connectivity index (χ2v) is 6.29. The SMILES string of the molecule is O=C(O)CN(OC(=O)c1ccccc1)[C@@H]1CCN(OC(=O)c2ccccc2)C1. The van der Waals surface area contributed by atoms with E-state index < -0.39 is 30.5 Å². The highest BCUT2D eigenvalue weighted by Crippen LogP contribution is 2.18. The van der Waals surface area contributed by atoms with E-state index in [-0.39, 0.29) is 6.54 Å². The highest BCUT2D eigenvalue weighted by Gasteiger charge is 2.34. The minimum absolute atomic E-state index is 0.230. The molecule has 8 heteroatoms. The van der Waals surface area contributed by atoms with Crippen LogP contribution < -0.4 is 0 Å². The van der Waals surface area contributed by atoms with Gasteiger partial charge >= 0.3 is 17.9 Å². The summed E-state index contributed by atoms with van der Waals surface area (Å²) in [6.45, 7) is 0.167. The van der Waals surface area contributed by atoms with Crippen molar-refractivity contribution in [3.63, 3.8) is 0 Å². The molecule has 1 aliphatic heterocycles. The fourth-order valence-electron chi connectivity index (χ4n) is 2.88. The molecule has 0 radical (unpaired) electrons. The summed E-state index contributed by atoms with van der Waals surface area (Å²) >= 11 is 0. The molecule has 2 aromatic carbocycles. The van der Waals surface area contributed by atoms with Crippen LogP contribution >= 0.6 is 0 Å². The zero-order chi connectivity index (χ0) is 19.9. The third-order valence-electron chi connectivity index (χ3n) is 4.26. The van der Waals surface area contributed by atoms with Crippen LogP contribution in [0.3, 0.4) is 0 Å². The number of hydrogen-bond acceptors (Lipinski definition) is 7. The average molecular weight is 384 g/mol. The Morgan fingerprint density at radius 2 is 1.54 bits per heavy atom. The van der Waals surface area contributed by atoms with Crippen LogP contribution in [0.15, 0.2) is 60.7 Å². The Hall–Kier alpha value is -3.23. The third-order valence-corrected chi connectivity index (χ3v) is 4.26. The Balaban J connectivity index is 1.61. The van der Waals surface area contributed by atoms with Crippen LogP contribution in [-0.4, -0.2) is 58.8 Å². The van der Waals surface area contributed by atoms with Gasteiger partial charge < -0.3 is 14.8 Å². The number of rotatable bonds is 7. The summed E-state index contributed by atoms with van der Waals surface area (Å²) in [6, 6.07) is 16.5. The highest BCUT2D eigenvalue weighted by atomic mass is 16.7. The van der Waals surface area contributed by atoms with E-state index >= 15 is 0 Å². The average Bonchev–Trinajstić information content (AvgIpc) is 3.17. The van der Waals surface area contributed by atoms with E-state index in [1.807, 2.05) is 0 Å². The van der Waals surface area contributed by atoms with Gasteiger partial charge in [0.2, 0.25) is 0 Å². The van der Waals surface area contributed by atoms with Gasteiger partial charge in [0, 0.05) is 6.54 Å². The quantitative estimate of drug-likeness (QED) is 0.724. The number of carboxylic acid groups (broad SMARTS) is 1. The van der Waals surface area contributed by atoms with Crippen LogP contribution in [0.25, 0.3) is 0 Å². The van der Waals surface area contributed by atoms with Crippen molar-refractivity contribution in [3.8, 4) is 0 Å². The van der Waals surface area contributed by atoms with Crippen LogP contribution in [0.1, 0.15) is 27.1 Å². The number of carboxylic acids is 1. The molecular weight excluding hydrogens is 364 g/mol. The van der Waals surface area contributed by atoms with E-state index in [1.165, 1.54) is 5.06 Å². The van der Waals surface area contributed by atoms with Crippen molar-refractivity contribution < 1.29 is 29.2 Å². The molecule has 0 unspecified atom stereocenters. The zero-order valence-corrected chi connectivity index (χ0v) is 15.1. The van der Waals surface area contributed by atoms with Gasteiger partial charge in [0.25, 0.3) is 0 Å². The topological polar surface area (TPSA) is 96.4 Å². The summed E-state index contributed by atoms with van der Waals surface area (Å²) in [7, 11) is 0. The number of hydroxylamine groups is 4. The van der Waals surface area contributed by atoms with Crippen molar-refractivity contribution in [1.82, 2.24) is 10.1 Å². The molecule has 8 nitrogen and oxygen atoms in total. The molecule has 146 valence electrons. The lowest BCUT2D eigenvalue weighted by Gasteiger charge is -2.25. The molecule has 28 heavy (non-hydrogen) atoms. The third kappa shape index (κ3) is 5.15. The highest BCUT2D eigenvalue weighted by molar-refractivity contribution is 5.89. The van der Waals surface area contributed by atoms with E-state index in [4.69, 9.17) is 14.8 Å². The van der Waals surface area contributed by atoms with Gasteiger partial charge in [-0.15, -0.1) is 10.1 Å². The van der Waals surface area contributed by atoms with Crippen LogP contribution in [0.5, 0.6) is 0 Å². The minimum Gasteiger partial charge on any atom is -0.480 e. The van der Waals surface area contributed by atoms with Gasteiger partial charge in [-0.25, -0.2) is 9.59 Å². The van der Waals surface area contributed by atoms with Crippen molar-refractivity contribution in [1.29, 1.82) is 0 Å². The van der Waals surface area contributed by atoms with Crippen LogP contribution in [-0.2, 0) is 14.5 Å². The molecule has 2 aromatic rings. The zero-order valence-electron chi connectivity index (χ0n) is 15.1. The lowest BCUT2D eigenvalue weighted by molar-refractivity contribution is -0.168. The monoisotopic (exact) mass is 384 g/mol. The first-order valence-corrected chi connectivity index (χ1v) is 8.81. The van der Waals surface area contributed by atoms with Gasteiger partial charge in [-0.3, -0.25) is 4.79 Å². The summed E-state index contributed by atoms with van der Waals surface area (Å²) in [5.74, 6) is -2.26. The van der Waals surface area contributed by atoms with Crippen LogP contribution in [0, 0.1) is 0 Å². The Labute approximate surface area is 161 Å². The van der Waals surface area contributed by atoms with Crippen molar-refractivity contribution in [2.45, 2.75) is 12.5 Å². The molecule has 1 N–H and O–H groups in total. The smallest absolute Gasteiger partial charge is 0.357 e. The van der Waals surface area contributed by atoms with E-state index in [1.54, 1.807) is 60.7 Å². The molecular formula is C20H20N2O6.